The number of hydrogen-bond donors (Lipinski definition) is 1. The number of halogens is 1. The summed E-state index contributed by atoms with van der Waals surface area (Å²) in [7, 11) is 1.93. The number of pyridine rings is 1. The molecule has 4 nitrogen and oxygen atoms in total. The molecule has 23 heavy (non-hydrogen) atoms. The van der Waals surface area contributed by atoms with Gasteiger partial charge in [-0.2, -0.15) is 0 Å². The third-order valence-electron chi connectivity index (χ3n) is 5.88. The number of carbonyl (C=O) groups excluding carboxylic acids is 1. The molecule has 2 saturated carbocycles. The third kappa shape index (κ3) is 3.69. The Morgan fingerprint density at radius 2 is 1.83 bits per heavy atom. The monoisotopic (exact) mass is 337 g/mol. The van der Waals surface area contributed by atoms with Crippen LogP contribution in [0, 0.1) is 17.8 Å². The second kappa shape index (κ2) is 7.63. The zero-order valence-electron chi connectivity index (χ0n) is 14.0. The molecule has 3 atom stereocenters. The van der Waals surface area contributed by atoms with Crippen molar-refractivity contribution in [1.82, 2.24) is 9.88 Å². The molecule has 0 aromatic carbocycles. The molecule has 0 saturated heterocycles. The molecule has 2 aliphatic carbocycles. The molecule has 3 rings (SSSR count). The number of nitrogens with two attached hydrogens (primary N) is 1. The highest BCUT2D eigenvalue weighted by molar-refractivity contribution is 5.85. The quantitative estimate of drug-likeness (QED) is 0.921. The SMILES string of the molecule is CC(c1ccncc1)N(C)C(=O)C1CC2CCCC(C1)C2N.Cl. The number of fused-ring (bicyclic) bond motifs is 2. The molecule has 5 heteroatoms. The molecular weight excluding hydrogens is 310 g/mol. The highest BCUT2D eigenvalue weighted by atomic mass is 35.5. The summed E-state index contributed by atoms with van der Waals surface area (Å²) in [4.78, 5) is 18.9. The number of aromatic nitrogens is 1. The number of rotatable bonds is 3. The summed E-state index contributed by atoms with van der Waals surface area (Å²) in [5.41, 5.74) is 7.48. The summed E-state index contributed by atoms with van der Waals surface area (Å²) in [5.74, 6) is 1.54. The Kier molecular flexibility index (Phi) is 6.04. The van der Waals surface area contributed by atoms with Crippen LogP contribution in [0.3, 0.4) is 0 Å². The first-order valence-electron chi connectivity index (χ1n) is 8.50. The van der Waals surface area contributed by atoms with Crippen LogP contribution < -0.4 is 5.73 Å². The van der Waals surface area contributed by atoms with E-state index in [1.54, 1.807) is 12.4 Å². The molecule has 1 heterocycles. The van der Waals surface area contributed by atoms with Crippen molar-refractivity contribution in [2.45, 2.75) is 51.1 Å². The first-order valence-corrected chi connectivity index (χ1v) is 8.50. The summed E-state index contributed by atoms with van der Waals surface area (Å²) in [6.45, 7) is 2.09. The van der Waals surface area contributed by atoms with Crippen LogP contribution in [0.5, 0.6) is 0 Å². The average Bonchev–Trinajstić information content (AvgIpc) is 2.53. The Balaban J connectivity index is 0.00000192. The number of carbonyl (C=O) groups is 1. The molecule has 1 amide bonds. The normalized spacial score (nSPS) is 30.9. The van der Waals surface area contributed by atoms with Gasteiger partial charge in [0, 0.05) is 31.4 Å². The van der Waals surface area contributed by atoms with Crippen LogP contribution >= 0.6 is 12.4 Å². The fourth-order valence-electron chi connectivity index (χ4n) is 4.34. The van der Waals surface area contributed by atoms with Gasteiger partial charge in [-0.15, -0.1) is 12.4 Å². The summed E-state index contributed by atoms with van der Waals surface area (Å²) in [5, 5.41) is 0. The van der Waals surface area contributed by atoms with Crippen LogP contribution in [-0.2, 0) is 4.79 Å². The van der Waals surface area contributed by atoms with Gasteiger partial charge in [0.1, 0.15) is 0 Å². The van der Waals surface area contributed by atoms with Crippen LogP contribution in [0.25, 0.3) is 0 Å². The lowest BCUT2D eigenvalue weighted by Gasteiger charge is -2.44. The predicted molar refractivity (Wildman–Crippen MR) is 94.2 cm³/mol. The van der Waals surface area contributed by atoms with E-state index in [4.69, 9.17) is 5.73 Å². The molecule has 2 bridgehead atoms. The van der Waals surface area contributed by atoms with E-state index in [1.807, 2.05) is 24.1 Å². The van der Waals surface area contributed by atoms with Crippen LogP contribution in [0.2, 0.25) is 0 Å². The lowest BCUT2D eigenvalue weighted by Crippen LogP contribution is -2.49. The van der Waals surface area contributed by atoms with E-state index in [-0.39, 0.29) is 30.3 Å². The van der Waals surface area contributed by atoms with Crippen molar-refractivity contribution in [1.29, 1.82) is 0 Å². The Morgan fingerprint density at radius 3 is 2.39 bits per heavy atom. The standard InChI is InChI=1S/C18H27N3O.ClH/c1-12(13-6-8-20-9-7-13)21(2)18(22)16-10-14-4-3-5-15(11-16)17(14)19;/h6-9,12,14-17H,3-5,10-11,19H2,1-2H3;1H. The van der Waals surface area contributed by atoms with Crippen molar-refractivity contribution in [3.8, 4) is 0 Å². The van der Waals surface area contributed by atoms with Crippen molar-refractivity contribution >= 4 is 18.3 Å². The van der Waals surface area contributed by atoms with E-state index in [1.165, 1.54) is 19.3 Å². The number of amides is 1. The molecule has 2 N–H and O–H groups in total. The van der Waals surface area contributed by atoms with Crippen LogP contribution in [0.1, 0.15) is 50.6 Å². The second-order valence-corrected chi connectivity index (χ2v) is 7.10. The van der Waals surface area contributed by atoms with Gasteiger partial charge in [-0.25, -0.2) is 0 Å². The van der Waals surface area contributed by atoms with E-state index in [0.717, 1.165) is 18.4 Å². The fourth-order valence-corrected chi connectivity index (χ4v) is 4.34. The fraction of sp³-hybridized carbons (Fsp3) is 0.667. The van der Waals surface area contributed by atoms with Crippen LogP contribution in [-0.4, -0.2) is 28.9 Å². The lowest BCUT2D eigenvalue weighted by atomic mass is 9.65. The molecule has 1 aromatic heterocycles. The van der Waals surface area contributed by atoms with E-state index >= 15 is 0 Å². The minimum atomic E-state index is 0. The van der Waals surface area contributed by atoms with E-state index in [9.17, 15) is 4.79 Å². The van der Waals surface area contributed by atoms with Gasteiger partial charge in [0.2, 0.25) is 5.91 Å². The summed E-state index contributed by atoms with van der Waals surface area (Å²) in [6.07, 6.45) is 9.21. The van der Waals surface area contributed by atoms with Crippen molar-refractivity contribution in [3.05, 3.63) is 30.1 Å². The van der Waals surface area contributed by atoms with Crippen LogP contribution in [0.4, 0.5) is 0 Å². The first-order chi connectivity index (χ1) is 10.6. The predicted octanol–water partition coefficient (Wildman–Crippen LogP) is 3.18. The zero-order valence-corrected chi connectivity index (χ0v) is 14.8. The summed E-state index contributed by atoms with van der Waals surface area (Å²) in [6, 6.07) is 4.38. The first kappa shape index (κ1) is 18.2. The highest BCUT2D eigenvalue weighted by Crippen LogP contribution is 2.42. The van der Waals surface area contributed by atoms with Gasteiger partial charge in [-0.3, -0.25) is 9.78 Å². The molecule has 0 radical (unpaired) electrons. The third-order valence-corrected chi connectivity index (χ3v) is 5.88. The van der Waals surface area contributed by atoms with E-state index in [0.29, 0.717) is 17.9 Å². The second-order valence-electron chi connectivity index (χ2n) is 7.10. The molecule has 3 unspecified atom stereocenters. The van der Waals surface area contributed by atoms with Gasteiger partial charge in [0.05, 0.1) is 6.04 Å². The maximum atomic E-state index is 12.9. The molecule has 2 aliphatic rings. The van der Waals surface area contributed by atoms with Gasteiger partial charge < -0.3 is 10.6 Å². The summed E-state index contributed by atoms with van der Waals surface area (Å²) < 4.78 is 0. The van der Waals surface area contributed by atoms with E-state index < -0.39 is 0 Å². The topological polar surface area (TPSA) is 59.2 Å². The molecule has 0 spiro atoms. The number of nitrogens with zero attached hydrogens (tertiary/aromatic N) is 2. The van der Waals surface area contributed by atoms with Gasteiger partial charge in [0.25, 0.3) is 0 Å². The Hall–Kier alpha value is -1.13. The molecule has 2 fully saturated rings. The molecule has 1 aromatic rings. The minimum absolute atomic E-state index is 0. The van der Waals surface area contributed by atoms with Crippen molar-refractivity contribution < 1.29 is 4.79 Å². The smallest absolute Gasteiger partial charge is 0.225 e. The lowest BCUT2D eigenvalue weighted by molar-refractivity contribution is -0.139. The van der Waals surface area contributed by atoms with Gasteiger partial charge in [-0.1, -0.05) is 6.42 Å². The zero-order chi connectivity index (χ0) is 15.7. The largest absolute Gasteiger partial charge is 0.339 e. The van der Waals surface area contributed by atoms with Crippen molar-refractivity contribution in [3.63, 3.8) is 0 Å². The van der Waals surface area contributed by atoms with Crippen LogP contribution in [0.15, 0.2) is 24.5 Å². The van der Waals surface area contributed by atoms with Gasteiger partial charge in [-0.05, 0) is 62.1 Å². The minimum Gasteiger partial charge on any atom is -0.339 e. The van der Waals surface area contributed by atoms with Crippen molar-refractivity contribution in [2.75, 3.05) is 7.05 Å². The van der Waals surface area contributed by atoms with Gasteiger partial charge in [0.15, 0.2) is 0 Å². The maximum Gasteiger partial charge on any atom is 0.225 e. The van der Waals surface area contributed by atoms with Crippen molar-refractivity contribution in [2.24, 2.45) is 23.5 Å². The summed E-state index contributed by atoms with van der Waals surface area (Å²) >= 11 is 0. The Labute approximate surface area is 145 Å². The molecular formula is C18H28ClN3O. The Morgan fingerprint density at radius 1 is 1.26 bits per heavy atom. The number of hydrogen-bond acceptors (Lipinski definition) is 3. The Bertz CT molecular complexity index is 510. The molecule has 0 aliphatic heterocycles. The van der Waals surface area contributed by atoms with E-state index in [2.05, 4.69) is 11.9 Å². The van der Waals surface area contributed by atoms with Gasteiger partial charge >= 0.3 is 0 Å². The highest BCUT2D eigenvalue weighted by Gasteiger charge is 2.41. The molecule has 128 valence electrons. The maximum absolute atomic E-state index is 12.9. The average molecular weight is 338 g/mol.